The lowest BCUT2D eigenvalue weighted by Gasteiger charge is -2.17. The summed E-state index contributed by atoms with van der Waals surface area (Å²) in [5, 5.41) is 16.6. The van der Waals surface area contributed by atoms with E-state index in [2.05, 4.69) is 25.9 Å². The second-order valence-corrected chi connectivity index (χ2v) is 5.06. The minimum absolute atomic E-state index is 0.119. The van der Waals surface area contributed by atoms with Crippen molar-refractivity contribution in [2.24, 2.45) is 11.7 Å². The fourth-order valence-electron chi connectivity index (χ4n) is 1.88. The average molecular weight is 288 g/mol. The Bertz CT molecular complexity index is 566. The third-order valence-electron chi connectivity index (χ3n) is 3.58. The average Bonchev–Trinajstić information content (AvgIpc) is 3.06. The predicted octanol–water partition coefficient (Wildman–Crippen LogP) is 0.856. The van der Waals surface area contributed by atoms with Crippen LogP contribution in [0.25, 0.3) is 11.4 Å². The number of aromatic amines is 1. The van der Waals surface area contributed by atoms with Crippen LogP contribution in [0.4, 0.5) is 0 Å². The number of rotatable bonds is 6. The van der Waals surface area contributed by atoms with Gasteiger partial charge in [-0.15, -0.1) is 10.2 Å². The monoisotopic (exact) mass is 288 g/mol. The molecule has 2 aromatic rings. The molecule has 7 heteroatoms. The van der Waals surface area contributed by atoms with Gasteiger partial charge in [-0.25, -0.2) is 0 Å². The molecule has 0 fully saturated rings. The van der Waals surface area contributed by atoms with Gasteiger partial charge in [0.15, 0.2) is 0 Å². The Hall–Kier alpha value is -2.28. The van der Waals surface area contributed by atoms with Gasteiger partial charge in [0.25, 0.3) is 0 Å². The van der Waals surface area contributed by atoms with Crippen LogP contribution in [0.3, 0.4) is 0 Å². The third kappa shape index (κ3) is 3.85. The highest BCUT2D eigenvalue weighted by Crippen LogP contribution is 2.14. The predicted molar refractivity (Wildman–Crippen MR) is 78.9 cm³/mol. The van der Waals surface area contributed by atoms with Gasteiger partial charge in [0.1, 0.15) is 0 Å². The molecule has 0 aliphatic rings. The van der Waals surface area contributed by atoms with Crippen molar-refractivity contribution < 1.29 is 4.79 Å². The molecule has 0 saturated heterocycles. The number of hydrogen-bond donors (Lipinski definition) is 3. The molecule has 0 saturated carbocycles. The van der Waals surface area contributed by atoms with Crippen molar-refractivity contribution in [1.29, 1.82) is 0 Å². The summed E-state index contributed by atoms with van der Waals surface area (Å²) in [7, 11) is 0. The Morgan fingerprint density at radius 1 is 1.38 bits per heavy atom. The zero-order valence-electron chi connectivity index (χ0n) is 12.2. The Balaban J connectivity index is 1.91. The molecular weight excluding hydrogens is 268 g/mol. The van der Waals surface area contributed by atoms with E-state index in [-0.39, 0.29) is 11.8 Å². The Morgan fingerprint density at radius 3 is 2.67 bits per heavy atom. The molecule has 2 atom stereocenters. The van der Waals surface area contributed by atoms with Crippen LogP contribution < -0.4 is 11.1 Å². The van der Waals surface area contributed by atoms with Crippen molar-refractivity contribution in [3.05, 3.63) is 29.8 Å². The normalized spacial score (nSPS) is 13.7. The number of nitrogens with two attached hydrogens (primary N) is 1. The van der Waals surface area contributed by atoms with Gasteiger partial charge in [-0.05, 0) is 16.7 Å². The maximum atomic E-state index is 11.9. The molecule has 112 valence electrons. The summed E-state index contributed by atoms with van der Waals surface area (Å²) >= 11 is 0. The van der Waals surface area contributed by atoms with Crippen LogP contribution in [0.1, 0.15) is 25.8 Å². The summed E-state index contributed by atoms with van der Waals surface area (Å²) < 4.78 is 0. The standard InChI is InChI=1S/C14H20N6O/c1-3-9(2)12(15)14(21)16-8-10-4-6-11(7-5-10)13-17-19-20-18-13/h4-7,9,12H,3,8,15H2,1-2H3,(H,16,21)(H,17,18,19,20). The van der Waals surface area contributed by atoms with Crippen LogP contribution in [-0.2, 0) is 11.3 Å². The van der Waals surface area contributed by atoms with Gasteiger partial charge in [-0.1, -0.05) is 44.5 Å². The van der Waals surface area contributed by atoms with Crippen molar-refractivity contribution in [2.75, 3.05) is 0 Å². The van der Waals surface area contributed by atoms with Crippen LogP contribution in [0, 0.1) is 5.92 Å². The zero-order chi connectivity index (χ0) is 15.2. The number of carbonyl (C=O) groups is 1. The quantitative estimate of drug-likeness (QED) is 0.730. The maximum absolute atomic E-state index is 11.9. The van der Waals surface area contributed by atoms with Crippen LogP contribution in [0.2, 0.25) is 0 Å². The molecule has 21 heavy (non-hydrogen) atoms. The topological polar surface area (TPSA) is 110 Å². The summed E-state index contributed by atoms with van der Waals surface area (Å²) in [5.41, 5.74) is 7.75. The number of amides is 1. The smallest absolute Gasteiger partial charge is 0.237 e. The van der Waals surface area contributed by atoms with E-state index in [1.165, 1.54) is 0 Å². The molecule has 1 aromatic carbocycles. The summed E-state index contributed by atoms with van der Waals surface area (Å²) in [4.78, 5) is 11.9. The van der Waals surface area contributed by atoms with E-state index in [1.54, 1.807) is 0 Å². The molecule has 1 heterocycles. The first-order valence-electron chi connectivity index (χ1n) is 6.98. The number of nitrogens with zero attached hydrogens (tertiary/aromatic N) is 3. The van der Waals surface area contributed by atoms with Gasteiger partial charge in [0, 0.05) is 12.1 Å². The first kappa shape index (κ1) is 15.1. The number of H-pyrrole nitrogens is 1. The van der Waals surface area contributed by atoms with Gasteiger partial charge in [0.05, 0.1) is 6.04 Å². The molecular formula is C14H20N6O. The summed E-state index contributed by atoms with van der Waals surface area (Å²) in [6.45, 7) is 4.45. The second kappa shape index (κ2) is 6.94. The molecule has 1 amide bonds. The molecule has 0 bridgehead atoms. The third-order valence-corrected chi connectivity index (χ3v) is 3.58. The molecule has 2 unspecified atom stereocenters. The highest BCUT2D eigenvalue weighted by Gasteiger charge is 2.18. The van der Waals surface area contributed by atoms with E-state index < -0.39 is 6.04 Å². The lowest BCUT2D eigenvalue weighted by Crippen LogP contribution is -2.44. The van der Waals surface area contributed by atoms with Gasteiger partial charge >= 0.3 is 0 Å². The van der Waals surface area contributed by atoms with E-state index in [0.717, 1.165) is 17.5 Å². The van der Waals surface area contributed by atoms with Crippen LogP contribution >= 0.6 is 0 Å². The summed E-state index contributed by atoms with van der Waals surface area (Å²) in [5.74, 6) is 0.599. The SMILES string of the molecule is CCC(C)C(N)C(=O)NCc1ccc(-c2nn[nH]n2)cc1. The Morgan fingerprint density at radius 2 is 2.10 bits per heavy atom. The van der Waals surface area contributed by atoms with E-state index in [1.807, 2.05) is 38.1 Å². The van der Waals surface area contributed by atoms with Crippen LogP contribution in [0.15, 0.2) is 24.3 Å². The number of tetrazole rings is 1. The van der Waals surface area contributed by atoms with Crippen molar-refractivity contribution in [3.8, 4) is 11.4 Å². The van der Waals surface area contributed by atoms with Gasteiger partial charge < -0.3 is 11.1 Å². The maximum Gasteiger partial charge on any atom is 0.237 e. The number of aromatic nitrogens is 4. The van der Waals surface area contributed by atoms with Crippen molar-refractivity contribution in [3.63, 3.8) is 0 Å². The first-order valence-corrected chi connectivity index (χ1v) is 6.98. The second-order valence-electron chi connectivity index (χ2n) is 5.06. The summed E-state index contributed by atoms with van der Waals surface area (Å²) in [6.07, 6.45) is 0.883. The highest BCUT2D eigenvalue weighted by molar-refractivity contribution is 5.81. The van der Waals surface area contributed by atoms with E-state index in [0.29, 0.717) is 12.4 Å². The molecule has 0 aliphatic carbocycles. The number of carbonyl (C=O) groups excluding carboxylic acids is 1. The first-order chi connectivity index (χ1) is 10.1. The van der Waals surface area contributed by atoms with Gasteiger partial charge in [0.2, 0.25) is 11.7 Å². The van der Waals surface area contributed by atoms with E-state index >= 15 is 0 Å². The Labute approximate surface area is 123 Å². The van der Waals surface area contributed by atoms with Crippen molar-refractivity contribution in [2.45, 2.75) is 32.9 Å². The molecule has 1 aromatic heterocycles. The molecule has 0 aliphatic heterocycles. The minimum atomic E-state index is -0.464. The van der Waals surface area contributed by atoms with Crippen LogP contribution in [0.5, 0.6) is 0 Å². The van der Waals surface area contributed by atoms with Gasteiger partial charge in [-0.3, -0.25) is 4.79 Å². The fourth-order valence-corrected chi connectivity index (χ4v) is 1.88. The minimum Gasteiger partial charge on any atom is -0.351 e. The largest absolute Gasteiger partial charge is 0.351 e. The Kier molecular flexibility index (Phi) is 4.99. The zero-order valence-corrected chi connectivity index (χ0v) is 12.2. The van der Waals surface area contributed by atoms with E-state index in [4.69, 9.17) is 5.73 Å². The van der Waals surface area contributed by atoms with Crippen molar-refractivity contribution in [1.82, 2.24) is 25.9 Å². The number of hydrogen-bond acceptors (Lipinski definition) is 5. The fraction of sp³-hybridized carbons (Fsp3) is 0.429. The lowest BCUT2D eigenvalue weighted by molar-refractivity contribution is -0.123. The van der Waals surface area contributed by atoms with E-state index in [9.17, 15) is 4.79 Å². The summed E-state index contributed by atoms with van der Waals surface area (Å²) in [6, 6.07) is 7.15. The number of benzene rings is 1. The molecule has 7 nitrogen and oxygen atoms in total. The molecule has 2 rings (SSSR count). The molecule has 0 radical (unpaired) electrons. The lowest BCUT2D eigenvalue weighted by atomic mass is 9.99. The molecule has 0 spiro atoms. The van der Waals surface area contributed by atoms with Crippen LogP contribution in [-0.4, -0.2) is 32.6 Å². The highest BCUT2D eigenvalue weighted by atomic mass is 16.2. The van der Waals surface area contributed by atoms with Crippen molar-refractivity contribution >= 4 is 5.91 Å². The van der Waals surface area contributed by atoms with Gasteiger partial charge in [-0.2, -0.15) is 5.21 Å². The number of nitrogens with one attached hydrogen (secondary N) is 2. The molecule has 4 N–H and O–H groups in total.